The summed E-state index contributed by atoms with van der Waals surface area (Å²) >= 11 is 6.25. The Morgan fingerprint density at radius 1 is 1.13 bits per heavy atom. The predicted molar refractivity (Wildman–Crippen MR) is 92.9 cm³/mol. The summed E-state index contributed by atoms with van der Waals surface area (Å²) in [5.41, 5.74) is 3.59. The van der Waals surface area contributed by atoms with Gasteiger partial charge in [0, 0.05) is 22.7 Å². The number of H-pyrrole nitrogens is 1. The maximum Gasteiger partial charge on any atom is 0.152 e. The van der Waals surface area contributed by atoms with Crippen molar-refractivity contribution in [1.29, 1.82) is 0 Å². The number of hydrogen-bond acceptors (Lipinski definition) is 2. The Hall–Kier alpha value is -2.10. The van der Waals surface area contributed by atoms with Crippen molar-refractivity contribution in [2.24, 2.45) is 0 Å². The van der Waals surface area contributed by atoms with Crippen LogP contribution in [-0.4, -0.2) is 16.8 Å². The van der Waals surface area contributed by atoms with Crippen LogP contribution in [0, 0.1) is 0 Å². The molecule has 1 atom stereocenters. The van der Waals surface area contributed by atoms with E-state index in [1.807, 2.05) is 48.5 Å². The lowest BCUT2D eigenvalue weighted by Gasteiger charge is -2.11. The Bertz CT molecular complexity index is 782. The van der Waals surface area contributed by atoms with Crippen LogP contribution in [0.2, 0.25) is 0 Å². The zero-order valence-corrected chi connectivity index (χ0v) is 13.4. The van der Waals surface area contributed by atoms with Gasteiger partial charge in [-0.05, 0) is 36.1 Å². The number of benzene rings is 2. The largest absolute Gasteiger partial charge is 0.360 e. The molecule has 3 nitrogen and oxygen atoms in total. The van der Waals surface area contributed by atoms with E-state index in [2.05, 4.69) is 4.98 Å². The summed E-state index contributed by atoms with van der Waals surface area (Å²) in [4.78, 5) is 14.1. The Labute approximate surface area is 140 Å². The van der Waals surface area contributed by atoms with Crippen LogP contribution in [0.1, 0.15) is 27.9 Å². The first-order valence-electron chi connectivity index (χ1n) is 7.61. The van der Waals surface area contributed by atoms with E-state index < -0.39 is 0 Å². The standard InChI is InChI=1S/C19H18ClNO2/c20-19(23-13-15-4-2-1-3-5-15)9-7-14-6-8-18-17(10-14)16(12-22)11-21-18/h1-6,8,10-12,19,21H,7,9,13H2. The monoisotopic (exact) mass is 327 g/mol. The van der Waals surface area contributed by atoms with Crippen LogP contribution in [0.5, 0.6) is 0 Å². The molecule has 0 fully saturated rings. The van der Waals surface area contributed by atoms with Gasteiger partial charge < -0.3 is 9.72 Å². The lowest BCUT2D eigenvalue weighted by atomic mass is 10.1. The average molecular weight is 328 g/mol. The van der Waals surface area contributed by atoms with Gasteiger partial charge in [-0.25, -0.2) is 0 Å². The van der Waals surface area contributed by atoms with Crippen molar-refractivity contribution in [3.63, 3.8) is 0 Å². The molecule has 1 aromatic heterocycles. The van der Waals surface area contributed by atoms with Gasteiger partial charge in [0.15, 0.2) is 6.29 Å². The van der Waals surface area contributed by atoms with Gasteiger partial charge in [0.2, 0.25) is 0 Å². The lowest BCUT2D eigenvalue weighted by molar-refractivity contribution is 0.0888. The third kappa shape index (κ3) is 4.01. The molecule has 3 aromatic rings. The maximum absolute atomic E-state index is 11.0. The minimum absolute atomic E-state index is 0.331. The summed E-state index contributed by atoms with van der Waals surface area (Å²) in [5, 5.41) is 0.953. The summed E-state index contributed by atoms with van der Waals surface area (Å²) in [7, 11) is 0. The van der Waals surface area contributed by atoms with Gasteiger partial charge in [-0.2, -0.15) is 0 Å². The Kier molecular flexibility index (Phi) is 5.11. The van der Waals surface area contributed by atoms with Crippen LogP contribution < -0.4 is 0 Å². The van der Waals surface area contributed by atoms with Gasteiger partial charge in [-0.3, -0.25) is 4.79 Å². The molecule has 0 aliphatic rings. The first kappa shape index (κ1) is 15.8. The number of rotatable bonds is 7. The van der Waals surface area contributed by atoms with E-state index in [-0.39, 0.29) is 5.56 Å². The van der Waals surface area contributed by atoms with Gasteiger partial charge in [-0.15, -0.1) is 0 Å². The Morgan fingerprint density at radius 3 is 2.74 bits per heavy atom. The average Bonchev–Trinajstić information content (AvgIpc) is 3.01. The summed E-state index contributed by atoms with van der Waals surface area (Å²) < 4.78 is 5.67. The number of fused-ring (bicyclic) bond motifs is 1. The van der Waals surface area contributed by atoms with Crippen molar-refractivity contribution >= 4 is 28.8 Å². The number of aldehydes is 1. The number of halogens is 1. The molecule has 0 saturated carbocycles. The molecule has 0 spiro atoms. The minimum atomic E-state index is -0.331. The molecule has 1 N–H and O–H groups in total. The number of aryl methyl sites for hydroxylation is 1. The normalized spacial score (nSPS) is 12.4. The van der Waals surface area contributed by atoms with Crippen LogP contribution in [0.15, 0.2) is 54.7 Å². The van der Waals surface area contributed by atoms with E-state index in [0.29, 0.717) is 12.2 Å². The summed E-state index contributed by atoms with van der Waals surface area (Å²) in [6.07, 6.45) is 4.13. The molecule has 2 aromatic carbocycles. The van der Waals surface area contributed by atoms with Crippen LogP contribution >= 0.6 is 11.6 Å². The molecule has 0 aliphatic heterocycles. The molecule has 0 bridgehead atoms. The van der Waals surface area contributed by atoms with Crippen molar-refractivity contribution in [1.82, 2.24) is 4.98 Å². The van der Waals surface area contributed by atoms with Crippen molar-refractivity contribution < 1.29 is 9.53 Å². The second-order valence-corrected chi connectivity index (χ2v) is 5.97. The van der Waals surface area contributed by atoms with Crippen LogP contribution in [0.3, 0.4) is 0 Å². The van der Waals surface area contributed by atoms with Crippen LogP contribution in [0.4, 0.5) is 0 Å². The van der Waals surface area contributed by atoms with Gasteiger partial charge in [0.05, 0.1) is 6.61 Å². The molecular weight excluding hydrogens is 310 g/mol. The summed E-state index contributed by atoms with van der Waals surface area (Å²) in [5.74, 6) is 0. The number of carbonyl (C=O) groups excluding carboxylic acids is 1. The molecular formula is C19H18ClNO2. The quantitative estimate of drug-likeness (QED) is 0.505. The van der Waals surface area contributed by atoms with Crippen LogP contribution in [0.25, 0.3) is 10.9 Å². The first-order chi connectivity index (χ1) is 11.3. The first-order valence-corrected chi connectivity index (χ1v) is 8.04. The molecule has 4 heteroatoms. The van der Waals surface area contributed by atoms with E-state index in [4.69, 9.17) is 16.3 Å². The molecule has 0 radical (unpaired) electrons. The fourth-order valence-corrected chi connectivity index (χ4v) is 2.74. The molecule has 23 heavy (non-hydrogen) atoms. The van der Waals surface area contributed by atoms with Crippen molar-refractivity contribution in [2.75, 3.05) is 0 Å². The Balaban J connectivity index is 1.56. The highest BCUT2D eigenvalue weighted by molar-refractivity contribution is 6.19. The Morgan fingerprint density at radius 2 is 1.96 bits per heavy atom. The lowest BCUT2D eigenvalue weighted by Crippen LogP contribution is -2.06. The fraction of sp³-hybridized carbons (Fsp3) is 0.211. The molecule has 1 heterocycles. The molecule has 3 rings (SSSR count). The van der Waals surface area contributed by atoms with E-state index in [1.54, 1.807) is 6.20 Å². The summed E-state index contributed by atoms with van der Waals surface area (Å²) in [6, 6.07) is 16.1. The van der Waals surface area contributed by atoms with E-state index in [0.717, 1.165) is 41.2 Å². The molecule has 1 unspecified atom stereocenters. The minimum Gasteiger partial charge on any atom is -0.360 e. The van der Waals surface area contributed by atoms with Gasteiger partial charge in [0.1, 0.15) is 5.56 Å². The third-order valence-electron chi connectivity index (χ3n) is 3.84. The second-order valence-electron chi connectivity index (χ2n) is 5.49. The topological polar surface area (TPSA) is 42.1 Å². The maximum atomic E-state index is 11.0. The highest BCUT2D eigenvalue weighted by Crippen LogP contribution is 2.20. The number of aromatic amines is 1. The van der Waals surface area contributed by atoms with E-state index in [1.165, 1.54) is 0 Å². The smallest absolute Gasteiger partial charge is 0.152 e. The number of alkyl halides is 1. The number of aromatic nitrogens is 1. The predicted octanol–water partition coefficient (Wildman–Crippen LogP) is 4.69. The van der Waals surface area contributed by atoms with Crippen molar-refractivity contribution in [3.8, 4) is 0 Å². The van der Waals surface area contributed by atoms with Gasteiger partial charge >= 0.3 is 0 Å². The second kappa shape index (κ2) is 7.44. The van der Waals surface area contributed by atoms with E-state index in [9.17, 15) is 4.79 Å². The zero-order chi connectivity index (χ0) is 16.1. The highest BCUT2D eigenvalue weighted by atomic mass is 35.5. The number of carbonyl (C=O) groups is 1. The number of nitrogens with one attached hydrogen (secondary N) is 1. The zero-order valence-electron chi connectivity index (χ0n) is 12.7. The molecule has 118 valence electrons. The highest BCUT2D eigenvalue weighted by Gasteiger charge is 2.08. The number of hydrogen-bond donors (Lipinski definition) is 1. The van der Waals surface area contributed by atoms with Crippen molar-refractivity contribution in [3.05, 3.63) is 71.4 Å². The molecule has 0 amide bonds. The third-order valence-corrected chi connectivity index (χ3v) is 4.18. The van der Waals surface area contributed by atoms with Gasteiger partial charge in [-0.1, -0.05) is 48.0 Å². The van der Waals surface area contributed by atoms with E-state index >= 15 is 0 Å². The van der Waals surface area contributed by atoms with Crippen molar-refractivity contribution in [2.45, 2.75) is 25.0 Å². The summed E-state index contributed by atoms with van der Waals surface area (Å²) in [6.45, 7) is 0.515. The van der Waals surface area contributed by atoms with Gasteiger partial charge in [0.25, 0.3) is 0 Å². The van der Waals surface area contributed by atoms with Crippen LogP contribution in [-0.2, 0) is 17.8 Å². The number of ether oxygens (including phenoxy) is 1. The fourth-order valence-electron chi connectivity index (χ4n) is 2.57. The molecule has 0 aliphatic carbocycles. The SMILES string of the molecule is O=Cc1c[nH]c2ccc(CCC(Cl)OCc3ccccc3)cc12. The molecule has 0 saturated heterocycles.